The predicted molar refractivity (Wildman–Crippen MR) is 69.8 cm³/mol. The molecule has 0 fully saturated rings. The van der Waals surface area contributed by atoms with Crippen LogP contribution in [0, 0.1) is 0 Å². The number of aromatic carboxylic acids is 1. The van der Waals surface area contributed by atoms with Crippen molar-refractivity contribution < 1.29 is 9.90 Å². The van der Waals surface area contributed by atoms with E-state index in [2.05, 4.69) is 25.5 Å². The van der Waals surface area contributed by atoms with Gasteiger partial charge in [-0.25, -0.2) is 14.5 Å². The van der Waals surface area contributed by atoms with Crippen molar-refractivity contribution in [2.45, 2.75) is 0 Å². The first-order valence-corrected chi connectivity index (χ1v) is 5.73. The maximum Gasteiger partial charge on any atom is 0.357 e. The highest BCUT2D eigenvalue weighted by Crippen LogP contribution is 2.18. The predicted octanol–water partition coefficient (Wildman–Crippen LogP) is 0.539. The number of carbonyl (C=O) groups is 1. The second kappa shape index (κ2) is 4.30. The lowest BCUT2D eigenvalue weighted by atomic mass is 10.3. The number of nitrogens with zero attached hydrogens (tertiary/aromatic N) is 6. The minimum absolute atomic E-state index is 0.0598. The van der Waals surface area contributed by atoms with Gasteiger partial charge in [-0.3, -0.25) is 4.68 Å². The van der Waals surface area contributed by atoms with Gasteiger partial charge in [0.05, 0.1) is 17.3 Å². The fraction of sp³-hybridized carbons (Fsp3) is 0.182. The van der Waals surface area contributed by atoms with Gasteiger partial charge in [0, 0.05) is 26.5 Å². The zero-order valence-electron chi connectivity index (χ0n) is 10.8. The number of aromatic nitrogens is 6. The topological polar surface area (TPSA) is 111 Å². The lowest BCUT2D eigenvalue weighted by Gasteiger charge is -2.01. The Labute approximate surface area is 112 Å². The SMILES string of the molecule is Cn1cc(Nc2ncc3c(C(=O)O)nn(C)c3n2)cn1. The summed E-state index contributed by atoms with van der Waals surface area (Å²) in [4.78, 5) is 19.4. The molecule has 0 aromatic carbocycles. The molecule has 0 amide bonds. The van der Waals surface area contributed by atoms with E-state index in [0.717, 1.165) is 5.69 Å². The smallest absolute Gasteiger partial charge is 0.357 e. The number of nitrogens with one attached hydrogen (secondary N) is 1. The molecule has 0 aliphatic rings. The Morgan fingerprint density at radius 3 is 2.80 bits per heavy atom. The average Bonchev–Trinajstić information content (AvgIpc) is 2.94. The summed E-state index contributed by atoms with van der Waals surface area (Å²) in [6.07, 6.45) is 4.86. The van der Waals surface area contributed by atoms with Crippen LogP contribution >= 0.6 is 0 Å². The number of hydrogen-bond acceptors (Lipinski definition) is 6. The van der Waals surface area contributed by atoms with Crippen LogP contribution in [0.15, 0.2) is 18.6 Å². The molecule has 0 unspecified atom stereocenters. The van der Waals surface area contributed by atoms with Crippen molar-refractivity contribution >= 4 is 28.6 Å². The summed E-state index contributed by atoms with van der Waals surface area (Å²) in [5, 5.41) is 20.4. The zero-order chi connectivity index (χ0) is 14.3. The summed E-state index contributed by atoms with van der Waals surface area (Å²) in [5.74, 6) is -0.752. The quantitative estimate of drug-likeness (QED) is 0.716. The van der Waals surface area contributed by atoms with Gasteiger partial charge in [0.2, 0.25) is 5.95 Å². The van der Waals surface area contributed by atoms with Crippen molar-refractivity contribution in [1.82, 2.24) is 29.5 Å². The van der Waals surface area contributed by atoms with Crippen molar-refractivity contribution in [3.05, 3.63) is 24.3 Å². The van der Waals surface area contributed by atoms with Crippen molar-refractivity contribution in [1.29, 1.82) is 0 Å². The van der Waals surface area contributed by atoms with Crippen molar-refractivity contribution in [2.24, 2.45) is 14.1 Å². The summed E-state index contributed by atoms with van der Waals surface area (Å²) in [7, 11) is 3.44. The Morgan fingerprint density at radius 1 is 1.35 bits per heavy atom. The molecule has 3 aromatic rings. The third kappa shape index (κ3) is 1.94. The van der Waals surface area contributed by atoms with Gasteiger partial charge in [-0.1, -0.05) is 0 Å². The number of anilines is 2. The first-order chi connectivity index (χ1) is 9.54. The molecular weight excluding hydrogens is 262 g/mol. The molecule has 0 spiro atoms. The van der Waals surface area contributed by atoms with E-state index in [1.54, 1.807) is 31.2 Å². The Bertz CT molecular complexity index is 804. The fourth-order valence-electron chi connectivity index (χ4n) is 1.87. The molecular formula is C11H11N7O2. The largest absolute Gasteiger partial charge is 0.476 e. The van der Waals surface area contributed by atoms with E-state index in [-0.39, 0.29) is 5.69 Å². The van der Waals surface area contributed by atoms with E-state index in [1.807, 2.05) is 0 Å². The number of fused-ring (bicyclic) bond motifs is 1. The van der Waals surface area contributed by atoms with E-state index in [9.17, 15) is 4.79 Å². The highest BCUT2D eigenvalue weighted by atomic mass is 16.4. The second-order valence-electron chi connectivity index (χ2n) is 4.24. The third-order valence-electron chi connectivity index (χ3n) is 2.74. The number of carboxylic acids is 1. The Hall–Kier alpha value is -2.97. The zero-order valence-corrected chi connectivity index (χ0v) is 10.8. The fourth-order valence-corrected chi connectivity index (χ4v) is 1.87. The van der Waals surface area contributed by atoms with E-state index in [1.165, 1.54) is 10.9 Å². The second-order valence-corrected chi connectivity index (χ2v) is 4.24. The van der Waals surface area contributed by atoms with Gasteiger partial charge in [-0.2, -0.15) is 15.2 Å². The van der Waals surface area contributed by atoms with Gasteiger partial charge < -0.3 is 10.4 Å². The van der Waals surface area contributed by atoms with Gasteiger partial charge in [-0.05, 0) is 0 Å². The first-order valence-electron chi connectivity index (χ1n) is 5.73. The van der Waals surface area contributed by atoms with Gasteiger partial charge in [0.1, 0.15) is 0 Å². The van der Waals surface area contributed by atoms with Gasteiger partial charge >= 0.3 is 5.97 Å². The highest BCUT2D eigenvalue weighted by molar-refractivity contribution is 5.99. The molecule has 0 radical (unpaired) electrons. The van der Waals surface area contributed by atoms with Crippen molar-refractivity contribution in [2.75, 3.05) is 5.32 Å². The van der Waals surface area contributed by atoms with E-state index < -0.39 is 5.97 Å². The molecule has 3 heterocycles. The summed E-state index contributed by atoms with van der Waals surface area (Å²) >= 11 is 0. The van der Waals surface area contributed by atoms with Gasteiger partial charge in [-0.15, -0.1) is 0 Å². The minimum Gasteiger partial charge on any atom is -0.476 e. The number of aryl methyl sites for hydroxylation is 2. The summed E-state index contributed by atoms with van der Waals surface area (Å²) in [6.45, 7) is 0. The Morgan fingerprint density at radius 2 is 2.15 bits per heavy atom. The molecule has 0 saturated heterocycles. The molecule has 3 rings (SSSR count). The molecule has 9 heteroatoms. The Balaban J connectivity index is 2.02. The first kappa shape index (κ1) is 12.1. The molecule has 0 saturated carbocycles. The van der Waals surface area contributed by atoms with Crippen LogP contribution in [0.5, 0.6) is 0 Å². The maximum absolute atomic E-state index is 11.0. The van der Waals surface area contributed by atoms with Crippen LogP contribution in [0.2, 0.25) is 0 Å². The molecule has 3 aromatic heterocycles. The lowest BCUT2D eigenvalue weighted by Crippen LogP contribution is -1.99. The van der Waals surface area contributed by atoms with Gasteiger partial charge in [0.15, 0.2) is 11.3 Å². The minimum atomic E-state index is -1.10. The number of hydrogen-bond donors (Lipinski definition) is 2. The molecule has 102 valence electrons. The molecule has 0 aliphatic carbocycles. The molecule has 20 heavy (non-hydrogen) atoms. The summed E-state index contributed by atoms with van der Waals surface area (Å²) < 4.78 is 3.06. The summed E-state index contributed by atoms with van der Waals surface area (Å²) in [5.41, 5.74) is 1.13. The van der Waals surface area contributed by atoms with Crippen LogP contribution < -0.4 is 5.32 Å². The molecule has 9 nitrogen and oxygen atoms in total. The van der Waals surface area contributed by atoms with E-state index >= 15 is 0 Å². The highest BCUT2D eigenvalue weighted by Gasteiger charge is 2.17. The number of rotatable bonds is 3. The van der Waals surface area contributed by atoms with Crippen LogP contribution in [-0.2, 0) is 14.1 Å². The lowest BCUT2D eigenvalue weighted by molar-refractivity contribution is 0.0691. The van der Waals surface area contributed by atoms with Crippen LogP contribution in [0.1, 0.15) is 10.5 Å². The van der Waals surface area contributed by atoms with Crippen molar-refractivity contribution in [3.8, 4) is 0 Å². The van der Waals surface area contributed by atoms with Crippen molar-refractivity contribution in [3.63, 3.8) is 0 Å². The monoisotopic (exact) mass is 273 g/mol. The van der Waals surface area contributed by atoms with Crippen LogP contribution in [0.3, 0.4) is 0 Å². The normalized spacial score (nSPS) is 10.9. The van der Waals surface area contributed by atoms with Crippen LogP contribution in [0.4, 0.5) is 11.6 Å². The van der Waals surface area contributed by atoms with Crippen LogP contribution in [0.25, 0.3) is 11.0 Å². The maximum atomic E-state index is 11.0. The molecule has 2 N–H and O–H groups in total. The molecule has 0 atom stereocenters. The standard InChI is InChI=1S/C11H11N7O2/c1-17-5-6(3-13-17)14-11-12-4-7-8(10(19)20)16-18(2)9(7)15-11/h3-5H,1-2H3,(H,19,20)(H,12,14,15). The molecule has 0 bridgehead atoms. The Kier molecular flexibility index (Phi) is 2.60. The third-order valence-corrected chi connectivity index (χ3v) is 2.74. The summed E-state index contributed by atoms with van der Waals surface area (Å²) in [6, 6.07) is 0. The van der Waals surface area contributed by atoms with E-state index in [4.69, 9.17) is 5.11 Å². The molecule has 0 aliphatic heterocycles. The number of carboxylic acid groups (broad SMARTS) is 1. The average molecular weight is 273 g/mol. The van der Waals surface area contributed by atoms with E-state index in [0.29, 0.717) is 17.0 Å². The van der Waals surface area contributed by atoms with Crippen LogP contribution in [-0.4, -0.2) is 40.6 Å². The van der Waals surface area contributed by atoms with Gasteiger partial charge in [0.25, 0.3) is 0 Å².